The second-order valence-electron chi connectivity index (χ2n) is 4.43. The number of likely N-dealkylation sites (N-methyl/N-ethyl adjacent to an activating group) is 1. The van der Waals surface area contributed by atoms with E-state index in [-0.39, 0.29) is 22.8 Å². The van der Waals surface area contributed by atoms with Crippen molar-refractivity contribution in [1.82, 2.24) is 4.90 Å². The van der Waals surface area contributed by atoms with Crippen molar-refractivity contribution in [2.45, 2.75) is 6.92 Å². The Morgan fingerprint density at radius 2 is 2.00 bits per heavy atom. The third-order valence-corrected chi connectivity index (χ3v) is 3.30. The zero-order valence-corrected chi connectivity index (χ0v) is 11.5. The summed E-state index contributed by atoms with van der Waals surface area (Å²) in [6.45, 7) is 1.68. The van der Waals surface area contributed by atoms with Gasteiger partial charge in [-0.25, -0.2) is 4.79 Å². The van der Waals surface area contributed by atoms with E-state index in [9.17, 15) is 14.7 Å². The highest BCUT2D eigenvalue weighted by atomic mass is 16.5. The van der Waals surface area contributed by atoms with Gasteiger partial charge in [0.05, 0.1) is 18.3 Å². The number of para-hydroxylation sites is 1. The van der Waals surface area contributed by atoms with Gasteiger partial charge in [-0.3, -0.25) is 4.79 Å². The van der Waals surface area contributed by atoms with Crippen LogP contribution in [0.5, 0.6) is 5.75 Å². The van der Waals surface area contributed by atoms with Gasteiger partial charge in [0.1, 0.15) is 5.75 Å². The summed E-state index contributed by atoms with van der Waals surface area (Å²) in [5.74, 6) is -0.822. The number of phenols is 1. The van der Waals surface area contributed by atoms with E-state index in [1.165, 1.54) is 24.2 Å². The first-order chi connectivity index (χ1) is 9.47. The number of carbonyl (C=O) groups excluding carboxylic acids is 2. The maximum absolute atomic E-state index is 12.2. The van der Waals surface area contributed by atoms with E-state index in [2.05, 4.69) is 0 Å². The van der Waals surface area contributed by atoms with Crippen molar-refractivity contribution < 1.29 is 19.4 Å². The highest BCUT2D eigenvalue weighted by molar-refractivity contribution is 6.16. The van der Waals surface area contributed by atoms with Gasteiger partial charge in [0.15, 0.2) is 0 Å². The van der Waals surface area contributed by atoms with E-state index < -0.39 is 5.97 Å². The molecule has 1 aromatic carbocycles. The number of nitrogens with zero attached hydrogens (tertiary/aromatic N) is 1. The topological polar surface area (TPSA) is 66.8 Å². The van der Waals surface area contributed by atoms with Crippen LogP contribution < -0.4 is 0 Å². The maximum Gasteiger partial charge on any atom is 0.340 e. The molecule has 0 spiro atoms. The number of carbonyl (C=O) groups is 2. The van der Waals surface area contributed by atoms with Gasteiger partial charge in [-0.15, -0.1) is 0 Å². The fraction of sp³-hybridized carbons (Fsp3) is 0.200. The lowest BCUT2D eigenvalue weighted by molar-refractivity contribution is -0.136. The molecular weight excluding hydrogens is 258 g/mol. The Bertz CT molecular complexity index is 643. The van der Waals surface area contributed by atoms with E-state index in [4.69, 9.17) is 4.74 Å². The number of methoxy groups -OCH3 is 1. The number of hydrogen-bond acceptors (Lipinski definition) is 4. The second-order valence-corrected chi connectivity index (χ2v) is 4.43. The molecule has 1 amide bonds. The average Bonchev–Trinajstić information content (AvgIpc) is 2.65. The third-order valence-electron chi connectivity index (χ3n) is 3.30. The number of benzene rings is 1. The van der Waals surface area contributed by atoms with Crippen LogP contribution in [0.25, 0.3) is 6.08 Å². The van der Waals surface area contributed by atoms with Crippen LogP contribution in [0.3, 0.4) is 0 Å². The Balaban J connectivity index is 2.57. The number of phenolic OH excluding ortho intramolecular Hbond substituents is 1. The Morgan fingerprint density at radius 3 is 2.60 bits per heavy atom. The van der Waals surface area contributed by atoms with Crippen LogP contribution in [-0.2, 0) is 14.3 Å². The van der Waals surface area contributed by atoms with Crippen LogP contribution >= 0.6 is 0 Å². The minimum atomic E-state index is -0.568. The van der Waals surface area contributed by atoms with Gasteiger partial charge in [-0.1, -0.05) is 18.2 Å². The van der Waals surface area contributed by atoms with Gasteiger partial charge in [-0.2, -0.15) is 0 Å². The highest BCUT2D eigenvalue weighted by Crippen LogP contribution is 2.31. The highest BCUT2D eigenvalue weighted by Gasteiger charge is 2.34. The maximum atomic E-state index is 12.2. The Morgan fingerprint density at radius 1 is 1.35 bits per heavy atom. The summed E-state index contributed by atoms with van der Waals surface area (Å²) in [7, 11) is 2.86. The molecule has 1 aliphatic heterocycles. The minimum absolute atomic E-state index is 0.0456. The van der Waals surface area contributed by atoms with Crippen molar-refractivity contribution in [1.29, 1.82) is 0 Å². The molecule has 1 aliphatic rings. The minimum Gasteiger partial charge on any atom is -0.507 e. The Kier molecular flexibility index (Phi) is 3.61. The van der Waals surface area contributed by atoms with E-state index in [0.29, 0.717) is 11.3 Å². The largest absolute Gasteiger partial charge is 0.507 e. The van der Waals surface area contributed by atoms with Gasteiger partial charge in [0.25, 0.3) is 5.91 Å². The summed E-state index contributed by atoms with van der Waals surface area (Å²) in [6.07, 6.45) is 1.50. The van der Waals surface area contributed by atoms with Crippen molar-refractivity contribution in [3.8, 4) is 5.75 Å². The monoisotopic (exact) mass is 273 g/mol. The summed E-state index contributed by atoms with van der Waals surface area (Å²) in [6, 6.07) is 6.61. The standard InChI is InChI=1S/C15H15NO4/c1-9-13(15(19)20-3)11(14(18)16(9)2)8-10-6-4-5-7-12(10)17/h4-8,17H,1-3H3/b11-8+. The molecule has 0 aliphatic carbocycles. The van der Waals surface area contributed by atoms with Crippen molar-refractivity contribution >= 4 is 18.0 Å². The lowest BCUT2D eigenvalue weighted by Gasteiger charge is -2.08. The molecule has 0 saturated carbocycles. The van der Waals surface area contributed by atoms with Crippen LogP contribution in [0.2, 0.25) is 0 Å². The third kappa shape index (κ3) is 2.18. The SMILES string of the molecule is COC(=O)C1=C(C)N(C)C(=O)/C1=C/c1ccccc1O. The summed E-state index contributed by atoms with van der Waals surface area (Å²) in [4.78, 5) is 25.4. The molecule has 5 heteroatoms. The van der Waals surface area contributed by atoms with Crippen LogP contribution in [0.15, 0.2) is 41.1 Å². The van der Waals surface area contributed by atoms with E-state index >= 15 is 0 Å². The lowest BCUT2D eigenvalue weighted by Crippen LogP contribution is -2.19. The molecule has 1 aromatic rings. The fourth-order valence-corrected chi connectivity index (χ4v) is 2.06. The van der Waals surface area contributed by atoms with Crippen LogP contribution in [0.4, 0.5) is 0 Å². The summed E-state index contributed by atoms with van der Waals surface area (Å²) in [5.41, 5.74) is 1.45. The molecule has 104 valence electrons. The van der Waals surface area contributed by atoms with E-state index in [1.807, 2.05) is 0 Å². The molecule has 2 rings (SSSR count). The van der Waals surface area contributed by atoms with Crippen molar-refractivity contribution in [2.75, 3.05) is 14.2 Å². The number of rotatable bonds is 2. The van der Waals surface area contributed by atoms with Crippen molar-refractivity contribution in [3.05, 3.63) is 46.7 Å². The predicted molar refractivity (Wildman–Crippen MR) is 73.6 cm³/mol. The summed E-state index contributed by atoms with van der Waals surface area (Å²) < 4.78 is 4.72. The molecule has 1 N–H and O–H groups in total. The number of hydrogen-bond donors (Lipinski definition) is 1. The molecule has 0 aromatic heterocycles. The zero-order chi connectivity index (χ0) is 14.9. The molecule has 0 unspecified atom stereocenters. The van der Waals surface area contributed by atoms with Crippen LogP contribution in [0, 0.1) is 0 Å². The second kappa shape index (κ2) is 5.21. The predicted octanol–water partition coefficient (Wildman–Crippen LogP) is 1.69. The molecule has 0 radical (unpaired) electrons. The smallest absolute Gasteiger partial charge is 0.340 e. The van der Waals surface area contributed by atoms with Gasteiger partial charge >= 0.3 is 5.97 Å². The van der Waals surface area contributed by atoms with Crippen molar-refractivity contribution in [3.63, 3.8) is 0 Å². The molecule has 0 bridgehead atoms. The first-order valence-electron chi connectivity index (χ1n) is 6.04. The lowest BCUT2D eigenvalue weighted by atomic mass is 10.0. The molecule has 0 atom stereocenters. The van der Waals surface area contributed by atoms with Gasteiger partial charge in [0.2, 0.25) is 0 Å². The number of esters is 1. The van der Waals surface area contributed by atoms with Gasteiger partial charge in [-0.05, 0) is 19.1 Å². The molecular formula is C15H15NO4. The first-order valence-corrected chi connectivity index (χ1v) is 6.04. The Hall–Kier alpha value is -2.56. The first kappa shape index (κ1) is 13.9. The van der Waals surface area contributed by atoms with Crippen LogP contribution in [-0.4, -0.2) is 36.0 Å². The molecule has 5 nitrogen and oxygen atoms in total. The van der Waals surface area contributed by atoms with E-state index in [0.717, 1.165) is 0 Å². The number of amides is 1. The Labute approximate surface area is 116 Å². The zero-order valence-electron chi connectivity index (χ0n) is 11.5. The molecule has 0 saturated heterocycles. The fourth-order valence-electron chi connectivity index (χ4n) is 2.06. The van der Waals surface area contributed by atoms with E-state index in [1.54, 1.807) is 32.2 Å². The summed E-state index contributed by atoms with van der Waals surface area (Å²) >= 11 is 0. The molecule has 1 heterocycles. The van der Waals surface area contributed by atoms with Gasteiger partial charge < -0.3 is 14.7 Å². The van der Waals surface area contributed by atoms with Gasteiger partial charge in [0, 0.05) is 18.3 Å². The van der Waals surface area contributed by atoms with Crippen molar-refractivity contribution in [2.24, 2.45) is 0 Å². The number of allylic oxidation sites excluding steroid dienone is 1. The van der Waals surface area contributed by atoms with Crippen LogP contribution in [0.1, 0.15) is 12.5 Å². The quantitative estimate of drug-likeness (QED) is 0.658. The molecule has 0 fully saturated rings. The molecule has 20 heavy (non-hydrogen) atoms. The number of aromatic hydroxyl groups is 1. The number of ether oxygens (including phenoxy) is 1. The summed E-state index contributed by atoms with van der Waals surface area (Å²) in [5, 5.41) is 9.77. The average molecular weight is 273 g/mol. The normalized spacial score (nSPS) is 17.1.